The zero-order chi connectivity index (χ0) is 17.8. The number of anilines is 2. The molecule has 0 amide bonds. The summed E-state index contributed by atoms with van der Waals surface area (Å²) in [5.74, 6) is -0.0658. The summed E-state index contributed by atoms with van der Waals surface area (Å²) >= 11 is 6.10. The van der Waals surface area contributed by atoms with E-state index in [-0.39, 0.29) is 5.78 Å². The molecule has 0 aliphatic rings. The van der Waals surface area contributed by atoms with E-state index in [4.69, 9.17) is 16.9 Å². The maximum absolute atomic E-state index is 12.7. The van der Waals surface area contributed by atoms with Crippen LogP contribution in [0.15, 0.2) is 66.7 Å². The number of carbonyl (C=O) groups excluding carboxylic acids is 1. The molecule has 0 radical (unpaired) electrons. The molecule has 0 aliphatic carbocycles. The standard InChI is InChI=1S/C21H15ClN2O/c1-14-18(6-4-7-19(14)22)21(25)15-9-11-17(12-10-15)24-20-8-3-2-5-16(20)13-23/h2-12,24H,1H3. The number of para-hydroxylation sites is 1. The summed E-state index contributed by atoms with van der Waals surface area (Å²) in [6, 6.07) is 21.9. The molecule has 4 heteroatoms. The van der Waals surface area contributed by atoms with Gasteiger partial charge < -0.3 is 5.32 Å². The molecule has 0 bridgehead atoms. The Hall–Kier alpha value is -3.09. The average Bonchev–Trinajstić information content (AvgIpc) is 2.64. The molecule has 3 aromatic carbocycles. The van der Waals surface area contributed by atoms with Gasteiger partial charge in [0.2, 0.25) is 0 Å². The van der Waals surface area contributed by atoms with Crippen LogP contribution in [0, 0.1) is 18.3 Å². The summed E-state index contributed by atoms with van der Waals surface area (Å²) in [6.45, 7) is 1.84. The maximum Gasteiger partial charge on any atom is 0.193 e. The number of rotatable bonds is 4. The highest BCUT2D eigenvalue weighted by atomic mass is 35.5. The Morgan fingerprint density at radius 1 is 1.00 bits per heavy atom. The Morgan fingerprint density at radius 2 is 1.72 bits per heavy atom. The van der Waals surface area contributed by atoms with E-state index < -0.39 is 0 Å². The third-order valence-electron chi connectivity index (χ3n) is 3.99. The summed E-state index contributed by atoms with van der Waals surface area (Å²) in [4.78, 5) is 12.7. The molecule has 0 unspecified atom stereocenters. The van der Waals surface area contributed by atoms with Crippen molar-refractivity contribution in [1.29, 1.82) is 5.26 Å². The predicted octanol–water partition coefficient (Wildman–Crippen LogP) is 5.49. The van der Waals surface area contributed by atoms with Crippen LogP contribution >= 0.6 is 11.6 Å². The molecule has 1 N–H and O–H groups in total. The molecule has 0 aromatic heterocycles. The molecule has 3 rings (SSSR count). The number of nitrogens with one attached hydrogen (secondary N) is 1. The van der Waals surface area contributed by atoms with E-state index in [1.54, 1.807) is 36.4 Å². The third-order valence-corrected chi connectivity index (χ3v) is 4.40. The van der Waals surface area contributed by atoms with Gasteiger partial charge in [-0.15, -0.1) is 0 Å². The number of hydrogen-bond donors (Lipinski definition) is 1. The first kappa shape index (κ1) is 16.8. The van der Waals surface area contributed by atoms with E-state index in [9.17, 15) is 4.79 Å². The Balaban J connectivity index is 1.84. The van der Waals surface area contributed by atoms with Crippen LogP contribution in [0.2, 0.25) is 5.02 Å². The van der Waals surface area contributed by atoms with Gasteiger partial charge in [0.15, 0.2) is 5.78 Å². The number of hydrogen-bond acceptors (Lipinski definition) is 3. The van der Waals surface area contributed by atoms with Crippen molar-refractivity contribution < 1.29 is 4.79 Å². The molecule has 25 heavy (non-hydrogen) atoms. The van der Waals surface area contributed by atoms with Crippen molar-refractivity contribution in [3.8, 4) is 6.07 Å². The fourth-order valence-electron chi connectivity index (χ4n) is 2.56. The van der Waals surface area contributed by atoms with E-state index >= 15 is 0 Å². The van der Waals surface area contributed by atoms with Crippen LogP contribution in [0.25, 0.3) is 0 Å². The molecule has 0 spiro atoms. The lowest BCUT2D eigenvalue weighted by Crippen LogP contribution is -2.04. The lowest BCUT2D eigenvalue weighted by molar-refractivity contribution is 0.103. The second kappa shape index (κ2) is 7.21. The van der Waals surface area contributed by atoms with Crippen LogP contribution < -0.4 is 5.32 Å². The highest BCUT2D eigenvalue weighted by Gasteiger charge is 2.13. The molecule has 3 aromatic rings. The number of halogens is 1. The monoisotopic (exact) mass is 346 g/mol. The number of benzene rings is 3. The van der Waals surface area contributed by atoms with E-state index in [0.29, 0.717) is 21.7 Å². The van der Waals surface area contributed by atoms with Crippen LogP contribution in [0.5, 0.6) is 0 Å². The zero-order valence-corrected chi connectivity index (χ0v) is 14.3. The molecule has 0 aliphatic heterocycles. The quantitative estimate of drug-likeness (QED) is 0.635. The summed E-state index contributed by atoms with van der Waals surface area (Å²) in [7, 11) is 0. The van der Waals surface area contributed by atoms with Crippen LogP contribution in [-0.2, 0) is 0 Å². The summed E-state index contributed by atoms with van der Waals surface area (Å²) in [6.07, 6.45) is 0. The molecular formula is C21H15ClN2O. The van der Waals surface area contributed by atoms with Crippen molar-refractivity contribution in [2.24, 2.45) is 0 Å². The minimum atomic E-state index is -0.0658. The Morgan fingerprint density at radius 3 is 2.44 bits per heavy atom. The molecule has 0 saturated heterocycles. The lowest BCUT2D eigenvalue weighted by atomic mass is 9.99. The highest BCUT2D eigenvalue weighted by molar-refractivity contribution is 6.32. The van der Waals surface area contributed by atoms with Gasteiger partial charge in [-0.3, -0.25) is 4.79 Å². The fraction of sp³-hybridized carbons (Fsp3) is 0.0476. The second-order valence-corrected chi connectivity index (χ2v) is 6.01. The molecular weight excluding hydrogens is 332 g/mol. The average molecular weight is 347 g/mol. The van der Waals surface area contributed by atoms with Gasteiger partial charge in [-0.25, -0.2) is 0 Å². The third kappa shape index (κ3) is 3.55. The lowest BCUT2D eigenvalue weighted by Gasteiger charge is -2.10. The molecule has 0 atom stereocenters. The van der Waals surface area contributed by atoms with E-state index in [1.165, 1.54) is 0 Å². The van der Waals surface area contributed by atoms with E-state index in [2.05, 4.69) is 11.4 Å². The first-order valence-electron chi connectivity index (χ1n) is 7.76. The van der Waals surface area contributed by atoms with Gasteiger partial charge in [0.1, 0.15) is 6.07 Å². The molecule has 122 valence electrons. The number of carbonyl (C=O) groups is 1. The zero-order valence-electron chi connectivity index (χ0n) is 13.6. The van der Waals surface area contributed by atoms with Gasteiger partial charge >= 0.3 is 0 Å². The van der Waals surface area contributed by atoms with Crippen molar-refractivity contribution in [3.63, 3.8) is 0 Å². The fourth-order valence-corrected chi connectivity index (χ4v) is 2.73. The Bertz CT molecular complexity index is 972. The number of ketones is 1. The maximum atomic E-state index is 12.7. The van der Waals surface area contributed by atoms with Gasteiger partial charge in [0, 0.05) is 21.8 Å². The van der Waals surface area contributed by atoms with Crippen molar-refractivity contribution in [2.75, 3.05) is 5.32 Å². The first-order chi connectivity index (χ1) is 12.1. The highest BCUT2D eigenvalue weighted by Crippen LogP contribution is 2.24. The minimum Gasteiger partial charge on any atom is -0.354 e. The number of nitrogens with zero attached hydrogens (tertiary/aromatic N) is 1. The number of nitriles is 1. The molecule has 0 fully saturated rings. The Kier molecular flexibility index (Phi) is 4.83. The van der Waals surface area contributed by atoms with Gasteiger partial charge in [0.25, 0.3) is 0 Å². The van der Waals surface area contributed by atoms with Crippen LogP contribution in [0.3, 0.4) is 0 Å². The minimum absolute atomic E-state index is 0.0658. The van der Waals surface area contributed by atoms with Crippen molar-refractivity contribution in [3.05, 3.63) is 94.0 Å². The molecule has 0 saturated carbocycles. The predicted molar refractivity (Wildman–Crippen MR) is 101 cm³/mol. The summed E-state index contributed by atoms with van der Waals surface area (Å²) in [5, 5.41) is 12.9. The van der Waals surface area contributed by atoms with Crippen LogP contribution in [-0.4, -0.2) is 5.78 Å². The molecule has 0 heterocycles. The van der Waals surface area contributed by atoms with Gasteiger partial charge in [-0.1, -0.05) is 35.9 Å². The van der Waals surface area contributed by atoms with Gasteiger partial charge in [0.05, 0.1) is 11.3 Å². The summed E-state index contributed by atoms with van der Waals surface area (Å²) < 4.78 is 0. The van der Waals surface area contributed by atoms with Crippen molar-refractivity contribution in [2.45, 2.75) is 6.92 Å². The summed E-state index contributed by atoms with van der Waals surface area (Å²) in [5.41, 5.74) is 4.07. The van der Waals surface area contributed by atoms with Crippen molar-refractivity contribution in [1.82, 2.24) is 0 Å². The van der Waals surface area contributed by atoms with Gasteiger partial charge in [-0.2, -0.15) is 5.26 Å². The smallest absolute Gasteiger partial charge is 0.193 e. The van der Waals surface area contributed by atoms with E-state index in [0.717, 1.165) is 16.9 Å². The normalized spacial score (nSPS) is 10.1. The van der Waals surface area contributed by atoms with Crippen LogP contribution in [0.1, 0.15) is 27.0 Å². The van der Waals surface area contributed by atoms with Crippen LogP contribution in [0.4, 0.5) is 11.4 Å². The SMILES string of the molecule is Cc1c(Cl)cccc1C(=O)c1ccc(Nc2ccccc2C#N)cc1. The van der Waals surface area contributed by atoms with E-state index in [1.807, 2.05) is 37.3 Å². The second-order valence-electron chi connectivity index (χ2n) is 5.60. The molecule has 3 nitrogen and oxygen atoms in total. The van der Waals surface area contributed by atoms with Gasteiger partial charge in [-0.05, 0) is 55.0 Å². The van der Waals surface area contributed by atoms with Crippen molar-refractivity contribution >= 4 is 28.8 Å². The topological polar surface area (TPSA) is 52.9 Å². The largest absolute Gasteiger partial charge is 0.354 e. The first-order valence-corrected chi connectivity index (χ1v) is 8.14. The Labute approximate surface area is 151 Å².